The summed E-state index contributed by atoms with van der Waals surface area (Å²) in [4.78, 5) is 16.2. The molecule has 1 saturated heterocycles. The maximum absolute atomic E-state index is 13.7. The lowest BCUT2D eigenvalue weighted by atomic mass is 10.2. The van der Waals surface area contributed by atoms with Crippen molar-refractivity contribution in [3.63, 3.8) is 0 Å². The average molecular weight is 315 g/mol. The van der Waals surface area contributed by atoms with E-state index in [1.54, 1.807) is 11.0 Å². The van der Waals surface area contributed by atoms with Crippen molar-refractivity contribution in [1.29, 1.82) is 0 Å². The Bertz CT molecular complexity index is 453. The van der Waals surface area contributed by atoms with Crippen LogP contribution in [0.1, 0.15) is 16.8 Å². The van der Waals surface area contributed by atoms with Gasteiger partial charge in [0.1, 0.15) is 5.82 Å². The van der Waals surface area contributed by atoms with Crippen LogP contribution < -0.4 is 0 Å². The second kappa shape index (κ2) is 5.80. The second-order valence-electron chi connectivity index (χ2n) is 4.57. The highest BCUT2D eigenvalue weighted by atomic mass is 79.9. The zero-order chi connectivity index (χ0) is 13.1. The minimum absolute atomic E-state index is 0.155. The average Bonchev–Trinajstić information content (AvgIpc) is 2.53. The summed E-state index contributed by atoms with van der Waals surface area (Å²) in [5.41, 5.74) is 0.155. The Kier molecular flexibility index (Phi) is 4.35. The normalized spacial score (nSPS) is 17.6. The Balaban J connectivity index is 2.15. The summed E-state index contributed by atoms with van der Waals surface area (Å²) in [6, 6.07) is 4.56. The summed E-state index contributed by atoms with van der Waals surface area (Å²) in [6.07, 6.45) is 0.931. The van der Waals surface area contributed by atoms with Gasteiger partial charge in [0.25, 0.3) is 5.91 Å². The van der Waals surface area contributed by atoms with Gasteiger partial charge in [0.2, 0.25) is 0 Å². The van der Waals surface area contributed by atoms with Crippen LogP contribution in [0.5, 0.6) is 0 Å². The monoisotopic (exact) mass is 314 g/mol. The van der Waals surface area contributed by atoms with Gasteiger partial charge in [-0.15, -0.1) is 0 Å². The fraction of sp³-hybridized carbons (Fsp3) is 0.462. The first-order valence-electron chi connectivity index (χ1n) is 6.01. The molecule has 0 unspecified atom stereocenters. The van der Waals surface area contributed by atoms with E-state index in [1.807, 2.05) is 7.05 Å². The van der Waals surface area contributed by atoms with Gasteiger partial charge in [-0.1, -0.05) is 15.9 Å². The van der Waals surface area contributed by atoms with E-state index in [0.717, 1.165) is 19.5 Å². The van der Waals surface area contributed by atoms with Gasteiger partial charge in [0.15, 0.2) is 0 Å². The van der Waals surface area contributed by atoms with Crippen LogP contribution in [0.25, 0.3) is 0 Å². The van der Waals surface area contributed by atoms with Crippen LogP contribution in [0.2, 0.25) is 0 Å². The lowest BCUT2D eigenvalue weighted by Gasteiger charge is -2.20. The van der Waals surface area contributed by atoms with Crippen LogP contribution in [-0.2, 0) is 0 Å². The molecule has 0 atom stereocenters. The summed E-state index contributed by atoms with van der Waals surface area (Å²) in [5, 5.41) is 0. The molecule has 2 rings (SSSR count). The molecule has 0 N–H and O–H groups in total. The summed E-state index contributed by atoms with van der Waals surface area (Å²) in [5.74, 6) is -0.678. The van der Waals surface area contributed by atoms with E-state index in [-0.39, 0.29) is 11.5 Å². The molecule has 0 saturated carbocycles. The van der Waals surface area contributed by atoms with E-state index in [1.165, 1.54) is 12.1 Å². The molecule has 1 aliphatic heterocycles. The predicted octanol–water partition coefficient (Wildman–Crippen LogP) is 2.37. The largest absolute Gasteiger partial charge is 0.337 e. The Hall–Kier alpha value is -0.940. The maximum Gasteiger partial charge on any atom is 0.256 e. The molecule has 0 aromatic heterocycles. The number of benzene rings is 1. The molecule has 1 amide bonds. The first-order valence-corrected chi connectivity index (χ1v) is 6.80. The highest BCUT2D eigenvalue weighted by Crippen LogP contribution is 2.17. The molecule has 1 aliphatic rings. The summed E-state index contributed by atoms with van der Waals surface area (Å²) in [7, 11) is 2.04. The van der Waals surface area contributed by atoms with Crippen molar-refractivity contribution in [3.05, 3.63) is 34.1 Å². The van der Waals surface area contributed by atoms with Crippen LogP contribution >= 0.6 is 15.9 Å². The standard InChI is InChI=1S/C13H16BrFN2O/c1-16-5-2-6-17(8-7-16)13(18)11-4-3-10(14)9-12(11)15/h3-4,9H,2,5-8H2,1H3. The number of amides is 1. The third-order valence-electron chi connectivity index (χ3n) is 3.17. The zero-order valence-corrected chi connectivity index (χ0v) is 11.9. The second-order valence-corrected chi connectivity index (χ2v) is 5.49. The number of hydrogen-bond donors (Lipinski definition) is 0. The number of carbonyl (C=O) groups excluding carboxylic acids is 1. The molecular formula is C13H16BrFN2O. The van der Waals surface area contributed by atoms with Crippen LogP contribution in [0, 0.1) is 5.82 Å². The number of carbonyl (C=O) groups is 1. The van der Waals surface area contributed by atoms with Crippen LogP contribution in [0.15, 0.2) is 22.7 Å². The van der Waals surface area contributed by atoms with Crippen molar-refractivity contribution in [2.75, 3.05) is 33.2 Å². The lowest BCUT2D eigenvalue weighted by Crippen LogP contribution is -2.34. The smallest absolute Gasteiger partial charge is 0.256 e. The fourth-order valence-electron chi connectivity index (χ4n) is 2.08. The Labute approximate surface area is 115 Å². The van der Waals surface area contributed by atoms with Crippen molar-refractivity contribution in [3.8, 4) is 0 Å². The van der Waals surface area contributed by atoms with Crippen LogP contribution in [-0.4, -0.2) is 48.9 Å². The maximum atomic E-state index is 13.7. The molecular weight excluding hydrogens is 299 g/mol. The molecule has 1 heterocycles. The van der Waals surface area contributed by atoms with Crippen LogP contribution in [0.3, 0.4) is 0 Å². The minimum Gasteiger partial charge on any atom is -0.337 e. The van der Waals surface area contributed by atoms with Crippen molar-refractivity contribution in [1.82, 2.24) is 9.80 Å². The Morgan fingerprint density at radius 3 is 2.78 bits per heavy atom. The van der Waals surface area contributed by atoms with Gasteiger partial charge in [0.05, 0.1) is 5.56 Å². The van der Waals surface area contributed by atoms with Crippen molar-refractivity contribution in [2.24, 2.45) is 0 Å². The first kappa shape index (κ1) is 13.5. The summed E-state index contributed by atoms with van der Waals surface area (Å²) < 4.78 is 14.4. The molecule has 1 fully saturated rings. The third kappa shape index (κ3) is 3.09. The predicted molar refractivity (Wildman–Crippen MR) is 72.1 cm³/mol. The highest BCUT2D eigenvalue weighted by Gasteiger charge is 2.21. The third-order valence-corrected chi connectivity index (χ3v) is 3.66. The van der Waals surface area contributed by atoms with E-state index in [4.69, 9.17) is 0 Å². The van der Waals surface area contributed by atoms with Crippen LogP contribution in [0.4, 0.5) is 4.39 Å². The van der Waals surface area contributed by atoms with E-state index in [9.17, 15) is 9.18 Å². The van der Waals surface area contributed by atoms with Gasteiger partial charge in [-0.05, 0) is 38.2 Å². The highest BCUT2D eigenvalue weighted by molar-refractivity contribution is 9.10. The van der Waals surface area contributed by atoms with E-state index >= 15 is 0 Å². The fourth-order valence-corrected chi connectivity index (χ4v) is 2.42. The number of hydrogen-bond acceptors (Lipinski definition) is 2. The molecule has 0 bridgehead atoms. The molecule has 1 aromatic carbocycles. The van der Waals surface area contributed by atoms with E-state index in [0.29, 0.717) is 17.6 Å². The number of halogens is 2. The van der Waals surface area contributed by atoms with Crippen molar-refractivity contribution >= 4 is 21.8 Å². The molecule has 0 radical (unpaired) electrons. The molecule has 1 aromatic rings. The van der Waals surface area contributed by atoms with Gasteiger partial charge < -0.3 is 9.80 Å². The molecule has 98 valence electrons. The van der Waals surface area contributed by atoms with Gasteiger partial charge in [-0.25, -0.2) is 4.39 Å². The van der Waals surface area contributed by atoms with Gasteiger partial charge in [0, 0.05) is 24.1 Å². The molecule has 3 nitrogen and oxygen atoms in total. The molecule has 5 heteroatoms. The minimum atomic E-state index is -0.466. The summed E-state index contributed by atoms with van der Waals surface area (Å²) in [6.45, 7) is 3.17. The Morgan fingerprint density at radius 2 is 2.06 bits per heavy atom. The van der Waals surface area contributed by atoms with E-state index < -0.39 is 5.82 Å². The SMILES string of the molecule is CN1CCCN(C(=O)c2ccc(Br)cc2F)CC1. The molecule has 0 aliphatic carbocycles. The van der Waals surface area contributed by atoms with Gasteiger partial charge >= 0.3 is 0 Å². The quantitative estimate of drug-likeness (QED) is 0.794. The van der Waals surface area contributed by atoms with Crippen molar-refractivity contribution in [2.45, 2.75) is 6.42 Å². The van der Waals surface area contributed by atoms with Crippen molar-refractivity contribution < 1.29 is 9.18 Å². The first-order chi connectivity index (χ1) is 8.58. The summed E-state index contributed by atoms with van der Waals surface area (Å²) >= 11 is 3.19. The van der Waals surface area contributed by atoms with Gasteiger partial charge in [-0.3, -0.25) is 4.79 Å². The number of likely N-dealkylation sites (N-methyl/N-ethyl adjacent to an activating group) is 1. The number of rotatable bonds is 1. The Morgan fingerprint density at radius 1 is 1.28 bits per heavy atom. The zero-order valence-electron chi connectivity index (χ0n) is 10.3. The topological polar surface area (TPSA) is 23.6 Å². The molecule has 18 heavy (non-hydrogen) atoms. The molecule has 0 spiro atoms. The number of nitrogens with zero attached hydrogens (tertiary/aromatic N) is 2. The van der Waals surface area contributed by atoms with Gasteiger partial charge in [-0.2, -0.15) is 0 Å². The lowest BCUT2D eigenvalue weighted by molar-refractivity contribution is 0.0758. The van der Waals surface area contributed by atoms with E-state index in [2.05, 4.69) is 20.8 Å².